The molecule has 1 aromatic carbocycles. The van der Waals surface area contributed by atoms with Gasteiger partial charge in [0.1, 0.15) is 5.75 Å². The van der Waals surface area contributed by atoms with Gasteiger partial charge in [-0.2, -0.15) is 0 Å². The number of rotatable bonds is 5. The lowest BCUT2D eigenvalue weighted by Gasteiger charge is -2.07. The van der Waals surface area contributed by atoms with Gasteiger partial charge in [-0.15, -0.1) is 0 Å². The maximum Gasteiger partial charge on any atom is 0.170 e. The molecule has 96 valence electrons. The highest BCUT2D eigenvalue weighted by Gasteiger charge is 2.12. The summed E-state index contributed by atoms with van der Waals surface area (Å²) in [6.45, 7) is 3.05. The van der Waals surface area contributed by atoms with E-state index in [0.29, 0.717) is 29.7 Å². The van der Waals surface area contributed by atoms with Gasteiger partial charge in [0, 0.05) is 11.1 Å². The van der Waals surface area contributed by atoms with E-state index in [1.165, 1.54) is 0 Å². The molecule has 0 spiro atoms. The Morgan fingerprint density at radius 1 is 1.44 bits per heavy atom. The quantitative estimate of drug-likeness (QED) is 0.904. The standard InChI is InChI=1S/C13H15ClN2O2/c1-2-17-12-4-3-9(7-11(12)14)13-10(5-6-15)8-16-18-13/h3-4,7-8H,2,5-6,15H2,1H3. The number of halogens is 1. The molecule has 0 amide bonds. The lowest BCUT2D eigenvalue weighted by molar-refractivity contribution is 0.340. The summed E-state index contributed by atoms with van der Waals surface area (Å²) in [4.78, 5) is 0. The normalized spacial score (nSPS) is 10.6. The summed E-state index contributed by atoms with van der Waals surface area (Å²) in [5, 5.41) is 4.36. The van der Waals surface area contributed by atoms with Crippen LogP contribution in [-0.4, -0.2) is 18.3 Å². The van der Waals surface area contributed by atoms with Gasteiger partial charge in [0.15, 0.2) is 5.76 Å². The first-order chi connectivity index (χ1) is 8.76. The minimum absolute atomic E-state index is 0.555. The van der Waals surface area contributed by atoms with Gasteiger partial charge in [-0.25, -0.2) is 0 Å². The van der Waals surface area contributed by atoms with Crippen LogP contribution >= 0.6 is 11.6 Å². The summed E-state index contributed by atoms with van der Waals surface area (Å²) in [5.74, 6) is 1.38. The van der Waals surface area contributed by atoms with E-state index < -0.39 is 0 Å². The van der Waals surface area contributed by atoms with Crippen molar-refractivity contribution in [2.75, 3.05) is 13.2 Å². The fourth-order valence-electron chi connectivity index (χ4n) is 1.75. The first kappa shape index (κ1) is 12.9. The Balaban J connectivity index is 2.33. The van der Waals surface area contributed by atoms with Gasteiger partial charge in [-0.1, -0.05) is 16.8 Å². The predicted molar refractivity (Wildman–Crippen MR) is 70.9 cm³/mol. The van der Waals surface area contributed by atoms with Gasteiger partial charge < -0.3 is 15.0 Å². The average molecular weight is 267 g/mol. The Hall–Kier alpha value is -1.52. The lowest BCUT2D eigenvalue weighted by Crippen LogP contribution is -2.02. The van der Waals surface area contributed by atoms with Crippen molar-refractivity contribution in [2.24, 2.45) is 5.73 Å². The smallest absolute Gasteiger partial charge is 0.170 e. The van der Waals surface area contributed by atoms with Crippen molar-refractivity contribution in [3.63, 3.8) is 0 Å². The Morgan fingerprint density at radius 2 is 2.28 bits per heavy atom. The molecule has 18 heavy (non-hydrogen) atoms. The van der Waals surface area contributed by atoms with Gasteiger partial charge in [0.05, 0.1) is 17.8 Å². The van der Waals surface area contributed by atoms with Crippen LogP contribution in [0.1, 0.15) is 12.5 Å². The molecule has 1 aromatic heterocycles. The fourth-order valence-corrected chi connectivity index (χ4v) is 1.98. The minimum atomic E-state index is 0.555. The summed E-state index contributed by atoms with van der Waals surface area (Å²) in [7, 11) is 0. The van der Waals surface area contributed by atoms with E-state index >= 15 is 0 Å². The second-order valence-corrected chi connectivity index (χ2v) is 4.20. The van der Waals surface area contributed by atoms with Gasteiger partial charge in [0.25, 0.3) is 0 Å². The molecule has 0 aliphatic heterocycles. The molecule has 2 rings (SSSR count). The van der Waals surface area contributed by atoms with Crippen LogP contribution in [0, 0.1) is 0 Å². The topological polar surface area (TPSA) is 61.3 Å². The molecule has 2 aromatic rings. The second kappa shape index (κ2) is 5.89. The minimum Gasteiger partial charge on any atom is -0.492 e. The van der Waals surface area contributed by atoms with E-state index in [2.05, 4.69) is 5.16 Å². The zero-order chi connectivity index (χ0) is 13.0. The molecule has 2 N–H and O–H groups in total. The van der Waals surface area contributed by atoms with Crippen molar-refractivity contribution in [3.8, 4) is 17.1 Å². The zero-order valence-corrected chi connectivity index (χ0v) is 10.9. The Kier molecular flexibility index (Phi) is 4.23. The largest absolute Gasteiger partial charge is 0.492 e. The summed E-state index contributed by atoms with van der Waals surface area (Å²) >= 11 is 6.14. The van der Waals surface area contributed by atoms with Crippen LogP contribution in [0.4, 0.5) is 0 Å². The Morgan fingerprint density at radius 3 is 2.94 bits per heavy atom. The van der Waals surface area contributed by atoms with E-state index in [1.807, 2.05) is 25.1 Å². The van der Waals surface area contributed by atoms with E-state index in [9.17, 15) is 0 Å². The van der Waals surface area contributed by atoms with Crippen LogP contribution in [0.5, 0.6) is 5.75 Å². The molecule has 0 aliphatic carbocycles. The molecule has 5 heteroatoms. The first-order valence-electron chi connectivity index (χ1n) is 5.82. The van der Waals surface area contributed by atoms with Gasteiger partial charge >= 0.3 is 0 Å². The highest BCUT2D eigenvalue weighted by Crippen LogP contribution is 2.32. The average Bonchev–Trinajstić information content (AvgIpc) is 2.81. The van der Waals surface area contributed by atoms with E-state index in [0.717, 1.165) is 17.5 Å². The third-order valence-electron chi connectivity index (χ3n) is 2.55. The molecule has 0 bridgehead atoms. The number of hydrogen-bond acceptors (Lipinski definition) is 4. The van der Waals surface area contributed by atoms with Crippen LogP contribution in [0.15, 0.2) is 28.9 Å². The SMILES string of the molecule is CCOc1ccc(-c2oncc2CCN)cc1Cl. The van der Waals surface area contributed by atoms with Crippen molar-refractivity contribution in [3.05, 3.63) is 35.0 Å². The van der Waals surface area contributed by atoms with Crippen molar-refractivity contribution >= 4 is 11.6 Å². The van der Waals surface area contributed by atoms with Crippen LogP contribution in [-0.2, 0) is 6.42 Å². The molecule has 0 saturated carbocycles. The van der Waals surface area contributed by atoms with E-state index in [-0.39, 0.29) is 0 Å². The molecule has 1 heterocycles. The Bertz CT molecular complexity index is 525. The molecule has 0 saturated heterocycles. The van der Waals surface area contributed by atoms with Gasteiger partial charge in [0.2, 0.25) is 0 Å². The molecule has 0 radical (unpaired) electrons. The summed E-state index contributed by atoms with van der Waals surface area (Å²) < 4.78 is 10.6. The van der Waals surface area contributed by atoms with Crippen molar-refractivity contribution in [2.45, 2.75) is 13.3 Å². The third-order valence-corrected chi connectivity index (χ3v) is 2.85. The predicted octanol–water partition coefficient (Wildman–Crippen LogP) is 2.89. The number of nitrogens with two attached hydrogens (primary N) is 1. The Labute approximate surface area is 111 Å². The van der Waals surface area contributed by atoms with Crippen molar-refractivity contribution in [1.29, 1.82) is 0 Å². The molecular weight excluding hydrogens is 252 g/mol. The zero-order valence-electron chi connectivity index (χ0n) is 10.1. The summed E-state index contributed by atoms with van der Waals surface area (Å²) in [5.41, 5.74) is 7.41. The van der Waals surface area contributed by atoms with E-state index in [1.54, 1.807) is 6.20 Å². The molecule has 0 atom stereocenters. The second-order valence-electron chi connectivity index (χ2n) is 3.80. The summed E-state index contributed by atoms with van der Waals surface area (Å²) in [6.07, 6.45) is 2.41. The van der Waals surface area contributed by atoms with Crippen molar-refractivity contribution in [1.82, 2.24) is 5.16 Å². The van der Waals surface area contributed by atoms with Crippen LogP contribution in [0.2, 0.25) is 5.02 Å². The van der Waals surface area contributed by atoms with Crippen LogP contribution in [0.25, 0.3) is 11.3 Å². The highest BCUT2D eigenvalue weighted by molar-refractivity contribution is 6.32. The number of benzene rings is 1. The molecule has 4 nitrogen and oxygen atoms in total. The van der Waals surface area contributed by atoms with E-state index in [4.69, 9.17) is 26.6 Å². The highest BCUT2D eigenvalue weighted by atomic mass is 35.5. The maximum atomic E-state index is 6.14. The molecular formula is C13H15ClN2O2. The maximum absolute atomic E-state index is 6.14. The summed E-state index contributed by atoms with van der Waals surface area (Å²) in [6, 6.07) is 5.54. The third kappa shape index (κ3) is 2.66. The first-order valence-corrected chi connectivity index (χ1v) is 6.20. The van der Waals surface area contributed by atoms with Gasteiger partial charge in [-0.05, 0) is 38.1 Å². The van der Waals surface area contributed by atoms with Crippen molar-refractivity contribution < 1.29 is 9.26 Å². The van der Waals surface area contributed by atoms with Crippen LogP contribution in [0.3, 0.4) is 0 Å². The number of aromatic nitrogens is 1. The fraction of sp³-hybridized carbons (Fsp3) is 0.308. The molecule has 0 aliphatic rings. The van der Waals surface area contributed by atoms with Crippen LogP contribution < -0.4 is 10.5 Å². The lowest BCUT2D eigenvalue weighted by atomic mass is 10.1. The number of nitrogens with zero attached hydrogens (tertiary/aromatic N) is 1. The van der Waals surface area contributed by atoms with Gasteiger partial charge in [-0.3, -0.25) is 0 Å². The molecule has 0 unspecified atom stereocenters. The number of ether oxygens (including phenoxy) is 1. The monoisotopic (exact) mass is 266 g/mol. The molecule has 0 fully saturated rings. The number of hydrogen-bond donors (Lipinski definition) is 1.